The lowest BCUT2D eigenvalue weighted by Gasteiger charge is -2.39. The number of amides is 2. The summed E-state index contributed by atoms with van der Waals surface area (Å²) in [4.78, 5) is 28.5. The van der Waals surface area contributed by atoms with E-state index in [1.165, 1.54) is 24.3 Å². The van der Waals surface area contributed by atoms with Gasteiger partial charge in [0, 0.05) is 51.1 Å². The molecule has 3 saturated heterocycles. The van der Waals surface area contributed by atoms with Crippen molar-refractivity contribution in [1.82, 2.24) is 15.1 Å². The molecule has 3 heterocycles. The zero-order valence-electron chi connectivity index (χ0n) is 15.4. The molecule has 3 aliphatic rings. The molecule has 0 bridgehead atoms. The van der Waals surface area contributed by atoms with E-state index in [4.69, 9.17) is 0 Å². The van der Waals surface area contributed by atoms with Crippen LogP contribution in [0.25, 0.3) is 0 Å². The van der Waals surface area contributed by atoms with Gasteiger partial charge in [-0.3, -0.25) is 9.59 Å². The highest BCUT2D eigenvalue weighted by Crippen LogP contribution is 2.24. The van der Waals surface area contributed by atoms with Gasteiger partial charge in [-0.1, -0.05) is 0 Å². The Bertz CT molecular complexity index is 446. The summed E-state index contributed by atoms with van der Waals surface area (Å²) >= 11 is 2.08. The number of carbonyl (C=O) groups is 2. The van der Waals surface area contributed by atoms with Gasteiger partial charge in [0.2, 0.25) is 11.8 Å². The van der Waals surface area contributed by atoms with Crippen molar-refractivity contribution in [2.24, 2.45) is 0 Å². The maximum Gasteiger partial charge on any atom is 0.222 e. The average molecular weight is 368 g/mol. The van der Waals surface area contributed by atoms with Gasteiger partial charge in [-0.05, 0) is 56.5 Å². The average Bonchev–Trinajstić information content (AvgIpc) is 2.65. The van der Waals surface area contributed by atoms with E-state index in [1.807, 2.05) is 4.90 Å². The van der Waals surface area contributed by atoms with Gasteiger partial charge in [-0.2, -0.15) is 11.8 Å². The van der Waals surface area contributed by atoms with Crippen LogP contribution in [-0.4, -0.2) is 71.4 Å². The molecule has 0 aromatic heterocycles. The van der Waals surface area contributed by atoms with Crippen molar-refractivity contribution < 1.29 is 9.59 Å². The molecule has 0 aromatic rings. The lowest BCUT2D eigenvalue weighted by molar-refractivity contribution is -0.133. The van der Waals surface area contributed by atoms with Crippen molar-refractivity contribution in [3.8, 4) is 0 Å². The second-order valence-electron chi connectivity index (χ2n) is 7.66. The predicted octanol–water partition coefficient (Wildman–Crippen LogP) is 2.26. The second kappa shape index (κ2) is 9.81. The van der Waals surface area contributed by atoms with Gasteiger partial charge in [-0.15, -0.1) is 0 Å². The summed E-state index contributed by atoms with van der Waals surface area (Å²) in [6.07, 6.45) is 8.97. The third-order valence-corrected chi connectivity index (χ3v) is 6.90. The summed E-state index contributed by atoms with van der Waals surface area (Å²) in [6, 6.07) is 1.12. The Hall–Kier alpha value is -0.750. The molecule has 1 N–H and O–H groups in total. The van der Waals surface area contributed by atoms with Crippen LogP contribution in [0.2, 0.25) is 0 Å². The second-order valence-corrected chi connectivity index (χ2v) is 8.89. The van der Waals surface area contributed by atoms with E-state index in [-0.39, 0.29) is 11.8 Å². The molecule has 2 amide bonds. The van der Waals surface area contributed by atoms with Gasteiger partial charge in [0.1, 0.15) is 0 Å². The molecule has 25 heavy (non-hydrogen) atoms. The standard InChI is InChI=1S/C19H33N3O2S/c23-18(4-3-11-22-10-2-1-5-19(22)24)20-16-6-12-21(13-7-16)17-8-14-25-15-9-17/h16-17H,1-15H2,(H,20,23). The summed E-state index contributed by atoms with van der Waals surface area (Å²) in [6.45, 7) is 3.87. The van der Waals surface area contributed by atoms with Gasteiger partial charge in [0.05, 0.1) is 0 Å². The molecule has 0 aliphatic carbocycles. The first-order valence-corrected chi connectivity index (χ1v) is 11.3. The van der Waals surface area contributed by atoms with Gasteiger partial charge >= 0.3 is 0 Å². The van der Waals surface area contributed by atoms with Crippen LogP contribution in [0.3, 0.4) is 0 Å². The minimum absolute atomic E-state index is 0.164. The number of likely N-dealkylation sites (tertiary alicyclic amines) is 2. The molecule has 3 fully saturated rings. The van der Waals surface area contributed by atoms with Crippen molar-refractivity contribution in [2.45, 2.75) is 69.9 Å². The normalized spacial score (nSPS) is 24.5. The SMILES string of the molecule is O=C(CCCN1CCCCC1=O)NC1CCN(C2CCSCC2)CC1. The molecular formula is C19H33N3O2S. The first-order chi connectivity index (χ1) is 12.2. The smallest absolute Gasteiger partial charge is 0.222 e. The van der Waals surface area contributed by atoms with Crippen LogP contribution in [0.4, 0.5) is 0 Å². The number of nitrogens with zero attached hydrogens (tertiary/aromatic N) is 2. The molecule has 3 rings (SSSR count). The molecule has 142 valence electrons. The van der Waals surface area contributed by atoms with Gasteiger partial charge in [-0.25, -0.2) is 0 Å². The van der Waals surface area contributed by atoms with Crippen molar-refractivity contribution in [3.63, 3.8) is 0 Å². The summed E-state index contributed by atoms with van der Waals surface area (Å²) in [5.74, 6) is 3.04. The molecule has 5 nitrogen and oxygen atoms in total. The van der Waals surface area contributed by atoms with E-state index in [9.17, 15) is 9.59 Å². The number of carbonyl (C=O) groups excluding carboxylic acids is 2. The monoisotopic (exact) mass is 367 g/mol. The molecule has 0 spiro atoms. The maximum atomic E-state index is 12.2. The third kappa shape index (κ3) is 5.88. The van der Waals surface area contributed by atoms with Crippen LogP contribution in [0.15, 0.2) is 0 Å². The Morgan fingerprint density at radius 2 is 1.84 bits per heavy atom. The van der Waals surface area contributed by atoms with Crippen molar-refractivity contribution in [3.05, 3.63) is 0 Å². The first kappa shape index (κ1) is 19.0. The highest BCUT2D eigenvalue weighted by atomic mass is 32.2. The van der Waals surface area contributed by atoms with E-state index in [0.717, 1.165) is 64.3 Å². The lowest BCUT2D eigenvalue weighted by atomic mass is 10.0. The first-order valence-electron chi connectivity index (χ1n) is 10.1. The summed E-state index contributed by atoms with van der Waals surface area (Å²) < 4.78 is 0. The predicted molar refractivity (Wildman–Crippen MR) is 103 cm³/mol. The number of hydrogen-bond acceptors (Lipinski definition) is 4. The van der Waals surface area contributed by atoms with E-state index < -0.39 is 0 Å². The van der Waals surface area contributed by atoms with E-state index in [0.29, 0.717) is 18.9 Å². The number of hydrogen-bond donors (Lipinski definition) is 1. The van der Waals surface area contributed by atoms with Crippen LogP contribution in [0.5, 0.6) is 0 Å². The molecule has 0 unspecified atom stereocenters. The highest BCUT2D eigenvalue weighted by Gasteiger charge is 2.27. The number of piperidine rings is 2. The molecule has 6 heteroatoms. The molecule has 0 saturated carbocycles. The number of thioether (sulfide) groups is 1. The fourth-order valence-corrected chi connectivity index (χ4v) is 5.37. The summed E-state index contributed by atoms with van der Waals surface area (Å²) in [5.41, 5.74) is 0. The quantitative estimate of drug-likeness (QED) is 0.782. The lowest BCUT2D eigenvalue weighted by Crippen LogP contribution is -2.48. The van der Waals surface area contributed by atoms with Crippen molar-refractivity contribution >= 4 is 23.6 Å². The van der Waals surface area contributed by atoms with Crippen LogP contribution < -0.4 is 5.32 Å². The van der Waals surface area contributed by atoms with E-state index in [2.05, 4.69) is 22.0 Å². The zero-order valence-corrected chi connectivity index (χ0v) is 16.2. The van der Waals surface area contributed by atoms with Gasteiger partial charge < -0.3 is 15.1 Å². The highest BCUT2D eigenvalue weighted by molar-refractivity contribution is 7.99. The Kier molecular flexibility index (Phi) is 7.47. The van der Waals surface area contributed by atoms with E-state index >= 15 is 0 Å². The molecule has 0 atom stereocenters. The molecular weight excluding hydrogens is 334 g/mol. The minimum atomic E-state index is 0.164. The summed E-state index contributed by atoms with van der Waals surface area (Å²) in [5, 5.41) is 3.22. The van der Waals surface area contributed by atoms with Crippen molar-refractivity contribution in [1.29, 1.82) is 0 Å². The fraction of sp³-hybridized carbons (Fsp3) is 0.895. The van der Waals surface area contributed by atoms with Crippen LogP contribution in [-0.2, 0) is 9.59 Å². The fourth-order valence-electron chi connectivity index (χ4n) is 4.29. The van der Waals surface area contributed by atoms with Crippen LogP contribution in [0, 0.1) is 0 Å². The topological polar surface area (TPSA) is 52.7 Å². The van der Waals surface area contributed by atoms with Crippen LogP contribution in [0.1, 0.15) is 57.8 Å². The molecule has 0 radical (unpaired) electrons. The van der Waals surface area contributed by atoms with E-state index in [1.54, 1.807) is 0 Å². The Morgan fingerprint density at radius 3 is 2.56 bits per heavy atom. The van der Waals surface area contributed by atoms with Crippen molar-refractivity contribution in [2.75, 3.05) is 37.7 Å². The van der Waals surface area contributed by atoms with Crippen LogP contribution >= 0.6 is 11.8 Å². The number of rotatable bonds is 6. The number of nitrogens with one attached hydrogen (secondary N) is 1. The molecule has 3 aliphatic heterocycles. The van der Waals surface area contributed by atoms with Gasteiger partial charge in [0.25, 0.3) is 0 Å². The Morgan fingerprint density at radius 1 is 1.08 bits per heavy atom. The third-order valence-electron chi connectivity index (χ3n) is 5.86. The maximum absolute atomic E-state index is 12.2. The Labute approximate surface area is 156 Å². The zero-order chi connectivity index (χ0) is 17.5. The summed E-state index contributed by atoms with van der Waals surface area (Å²) in [7, 11) is 0. The largest absolute Gasteiger partial charge is 0.353 e. The molecule has 0 aromatic carbocycles. The van der Waals surface area contributed by atoms with Gasteiger partial charge in [0.15, 0.2) is 0 Å². The minimum Gasteiger partial charge on any atom is -0.353 e. The Balaban J connectivity index is 1.29.